The van der Waals surface area contributed by atoms with E-state index in [1.165, 1.54) is 24.7 Å². The van der Waals surface area contributed by atoms with Crippen LogP contribution < -0.4 is 0 Å². The summed E-state index contributed by atoms with van der Waals surface area (Å²) in [4.78, 5) is 23.5. The molecular formula is C8H7NO4. The quantitative estimate of drug-likeness (QED) is 0.484. The first-order valence-corrected chi connectivity index (χ1v) is 3.77. The Labute approximate surface area is 74.2 Å². The van der Waals surface area contributed by atoms with Gasteiger partial charge in [-0.25, -0.2) is 0 Å². The molecule has 0 unspecified atom stereocenters. The third kappa shape index (κ3) is 1.40. The zero-order valence-electron chi connectivity index (χ0n) is 6.67. The Morgan fingerprint density at radius 1 is 1.15 bits per heavy atom. The highest BCUT2D eigenvalue weighted by Gasteiger charge is 2.27. The van der Waals surface area contributed by atoms with Crippen LogP contribution in [0, 0.1) is 0 Å². The highest BCUT2D eigenvalue weighted by molar-refractivity contribution is 6.05. The van der Waals surface area contributed by atoms with Gasteiger partial charge in [0.2, 0.25) is 0 Å². The minimum absolute atomic E-state index is 0.123. The summed E-state index contributed by atoms with van der Waals surface area (Å²) in [5.41, 5.74) is 0. The van der Waals surface area contributed by atoms with Crippen LogP contribution in [0.25, 0.3) is 0 Å². The van der Waals surface area contributed by atoms with Gasteiger partial charge in [0.1, 0.15) is 6.54 Å². The first-order chi connectivity index (χ1) is 6.27. The third-order valence-electron chi connectivity index (χ3n) is 1.75. The number of carbonyl (C=O) groups is 2. The van der Waals surface area contributed by atoms with Crippen molar-refractivity contribution in [3.63, 3.8) is 0 Å². The predicted molar refractivity (Wildman–Crippen MR) is 41.0 cm³/mol. The fraction of sp³-hybridized carbons (Fsp3) is 0.250. The van der Waals surface area contributed by atoms with Crippen molar-refractivity contribution in [1.29, 1.82) is 0 Å². The first-order valence-electron chi connectivity index (χ1n) is 3.77. The van der Waals surface area contributed by atoms with E-state index in [9.17, 15) is 9.59 Å². The minimum atomic E-state index is -0.592. The van der Waals surface area contributed by atoms with Crippen molar-refractivity contribution in [2.45, 2.75) is 6.29 Å². The van der Waals surface area contributed by atoms with Crippen LogP contribution in [0.5, 0.6) is 0 Å². The molecule has 0 saturated carbocycles. The molecule has 0 saturated heterocycles. The monoisotopic (exact) mass is 181 g/mol. The average molecular weight is 181 g/mol. The molecule has 0 aromatic carbocycles. The fourth-order valence-corrected chi connectivity index (χ4v) is 1.11. The van der Waals surface area contributed by atoms with Crippen molar-refractivity contribution in [2.24, 2.45) is 0 Å². The van der Waals surface area contributed by atoms with Crippen LogP contribution in [0.2, 0.25) is 0 Å². The standard InChI is InChI=1S/C8H7NO4/c10-6-1-3-12-8-5-9(6)7(11)2-4-13-8/h1-4,8H,5H2. The van der Waals surface area contributed by atoms with E-state index < -0.39 is 6.29 Å². The fourth-order valence-electron chi connectivity index (χ4n) is 1.11. The number of hydrogen-bond acceptors (Lipinski definition) is 4. The second-order valence-corrected chi connectivity index (χ2v) is 2.59. The molecule has 2 aliphatic heterocycles. The lowest BCUT2D eigenvalue weighted by Crippen LogP contribution is -2.38. The summed E-state index contributed by atoms with van der Waals surface area (Å²) in [5.74, 6) is -0.773. The van der Waals surface area contributed by atoms with Gasteiger partial charge in [0, 0.05) is 12.2 Å². The summed E-state index contributed by atoms with van der Waals surface area (Å²) in [6, 6.07) is 0. The van der Waals surface area contributed by atoms with Crippen molar-refractivity contribution in [3.8, 4) is 0 Å². The van der Waals surface area contributed by atoms with Gasteiger partial charge in [-0.1, -0.05) is 0 Å². The van der Waals surface area contributed by atoms with Crippen LogP contribution in [0.15, 0.2) is 24.7 Å². The van der Waals surface area contributed by atoms with Gasteiger partial charge in [-0.2, -0.15) is 0 Å². The Hall–Kier alpha value is -1.78. The van der Waals surface area contributed by atoms with Crippen LogP contribution in [0.1, 0.15) is 0 Å². The van der Waals surface area contributed by atoms with E-state index in [1.54, 1.807) is 0 Å². The zero-order valence-corrected chi connectivity index (χ0v) is 6.67. The topological polar surface area (TPSA) is 55.8 Å². The zero-order chi connectivity index (χ0) is 9.26. The lowest BCUT2D eigenvalue weighted by atomic mass is 10.4. The summed E-state index contributed by atoms with van der Waals surface area (Å²) in [6.07, 6.45) is 4.27. The van der Waals surface area contributed by atoms with Crippen LogP contribution >= 0.6 is 0 Å². The Balaban J connectivity index is 2.31. The largest absolute Gasteiger partial charge is 0.460 e. The van der Waals surface area contributed by atoms with Gasteiger partial charge < -0.3 is 9.47 Å². The Bertz CT molecular complexity index is 279. The maximum absolute atomic E-state index is 11.2. The molecule has 0 spiro atoms. The van der Waals surface area contributed by atoms with Gasteiger partial charge in [0.25, 0.3) is 18.1 Å². The highest BCUT2D eigenvalue weighted by Crippen LogP contribution is 2.10. The molecule has 2 bridgehead atoms. The number of ether oxygens (including phenoxy) is 2. The molecule has 68 valence electrons. The number of amides is 2. The first kappa shape index (κ1) is 7.85. The molecule has 5 heteroatoms. The molecule has 2 amide bonds. The van der Waals surface area contributed by atoms with Crippen molar-refractivity contribution in [3.05, 3.63) is 24.7 Å². The van der Waals surface area contributed by atoms with Gasteiger partial charge in [0.05, 0.1) is 12.5 Å². The summed E-state index contributed by atoms with van der Waals surface area (Å²) in [6.45, 7) is 0.123. The molecule has 0 N–H and O–H groups in total. The highest BCUT2D eigenvalue weighted by atomic mass is 16.7. The van der Waals surface area contributed by atoms with Crippen molar-refractivity contribution in [1.82, 2.24) is 4.90 Å². The number of rotatable bonds is 0. The van der Waals surface area contributed by atoms with Crippen LogP contribution in [0.3, 0.4) is 0 Å². The summed E-state index contributed by atoms with van der Waals surface area (Å²) < 4.78 is 10.0. The van der Waals surface area contributed by atoms with Crippen LogP contribution in [0.4, 0.5) is 0 Å². The number of nitrogens with zero attached hydrogens (tertiary/aromatic N) is 1. The van der Waals surface area contributed by atoms with Crippen LogP contribution in [-0.2, 0) is 19.1 Å². The van der Waals surface area contributed by atoms with E-state index in [1.807, 2.05) is 0 Å². The number of carbonyl (C=O) groups excluding carboxylic acids is 2. The molecule has 13 heavy (non-hydrogen) atoms. The molecule has 5 nitrogen and oxygen atoms in total. The molecule has 0 aromatic rings. The second kappa shape index (κ2) is 2.93. The van der Waals surface area contributed by atoms with Gasteiger partial charge in [-0.05, 0) is 0 Å². The number of hydrogen-bond donors (Lipinski definition) is 0. The minimum Gasteiger partial charge on any atom is -0.460 e. The van der Waals surface area contributed by atoms with E-state index in [4.69, 9.17) is 9.47 Å². The van der Waals surface area contributed by atoms with E-state index in [2.05, 4.69) is 0 Å². The second-order valence-electron chi connectivity index (χ2n) is 2.59. The SMILES string of the molecule is O=C1C=COC2CN1C(=O)C=CO2. The molecule has 0 radical (unpaired) electrons. The van der Waals surface area contributed by atoms with Gasteiger partial charge >= 0.3 is 0 Å². The summed E-state index contributed by atoms with van der Waals surface area (Å²) in [7, 11) is 0. The molecule has 0 aromatic heterocycles. The normalized spacial score (nSPS) is 22.0. The molecular weight excluding hydrogens is 174 g/mol. The van der Waals surface area contributed by atoms with E-state index in [0.29, 0.717) is 0 Å². The third-order valence-corrected chi connectivity index (χ3v) is 1.75. The molecule has 2 aliphatic rings. The molecule has 2 heterocycles. The van der Waals surface area contributed by atoms with Gasteiger partial charge in [-0.3, -0.25) is 14.5 Å². The van der Waals surface area contributed by atoms with Crippen molar-refractivity contribution < 1.29 is 19.1 Å². The lowest BCUT2D eigenvalue weighted by Gasteiger charge is -2.17. The average Bonchev–Trinajstić information content (AvgIpc) is 2.38. The van der Waals surface area contributed by atoms with E-state index in [-0.39, 0.29) is 18.4 Å². The molecule has 0 aliphatic carbocycles. The Morgan fingerprint density at radius 2 is 1.69 bits per heavy atom. The lowest BCUT2D eigenvalue weighted by molar-refractivity contribution is -0.142. The summed E-state index contributed by atoms with van der Waals surface area (Å²) in [5, 5.41) is 0. The van der Waals surface area contributed by atoms with Gasteiger partial charge in [-0.15, -0.1) is 0 Å². The van der Waals surface area contributed by atoms with Crippen LogP contribution in [-0.4, -0.2) is 29.5 Å². The van der Waals surface area contributed by atoms with E-state index in [0.717, 1.165) is 4.90 Å². The smallest absolute Gasteiger partial charge is 0.257 e. The maximum atomic E-state index is 11.2. The maximum Gasteiger partial charge on any atom is 0.257 e. The molecule has 2 rings (SSSR count). The Kier molecular flexibility index (Phi) is 1.77. The number of imide groups is 1. The van der Waals surface area contributed by atoms with Crippen molar-refractivity contribution >= 4 is 11.8 Å². The summed E-state index contributed by atoms with van der Waals surface area (Å²) >= 11 is 0. The number of fused-ring (bicyclic) bond motifs is 2. The Morgan fingerprint density at radius 3 is 2.23 bits per heavy atom. The predicted octanol–water partition coefficient (Wildman–Crippen LogP) is -0.245. The van der Waals surface area contributed by atoms with E-state index >= 15 is 0 Å². The molecule has 0 fully saturated rings. The van der Waals surface area contributed by atoms with Gasteiger partial charge in [0.15, 0.2) is 0 Å². The molecule has 0 atom stereocenters. The van der Waals surface area contributed by atoms with Crippen molar-refractivity contribution in [2.75, 3.05) is 6.54 Å².